The third kappa shape index (κ3) is 4.50. The summed E-state index contributed by atoms with van der Waals surface area (Å²) in [6.45, 7) is 1.79. The van der Waals surface area contributed by atoms with Crippen molar-refractivity contribution in [3.05, 3.63) is 30.1 Å². The molecule has 0 aliphatic carbocycles. The van der Waals surface area contributed by atoms with Crippen LogP contribution in [-0.4, -0.2) is 25.2 Å². The summed E-state index contributed by atoms with van der Waals surface area (Å²) in [5.74, 6) is -0.359. The molecule has 1 heterocycles. The number of urea groups is 1. The van der Waals surface area contributed by atoms with Gasteiger partial charge in [0.05, 0.1) is 0 Å². The first kappa shape index (κ1) is 14.7. The topological polar surface area (TPSA) is 53.2 Å². The minimum atomic E-state index is -0.359. The molecule has 0 aromatic heterocycles. The summed E-state index contributed by atoms with van der Waals surface area (Å²) in [5.41, 5.74) is 0.464. The van der Waals surface area contributed by atoms with E-state index in [1.165, 1.54) is 12.1 Å². The minimum Gasteiger partial charge on any atom is -0.334 e. The van der Waals surface area contributed by atoms with Crippen LogP contribution in [0.3, 0.4) is 0 Å². The molecule has 1 atom stereocenters. The minimum absolute atomic E-state index is 0. The molecule has 4 nitrogen and oxygen atoms in total. The van der Waals surface area contributed by atoms with Gasteiger partial charge >= 0.3 is 6.03 Å². The van der Waals surface area contributed by atoms with Gasteiger partial charge in [-0.25, -0.2) is 9.18 Å². The monoisotopic (exact) mass is 273 g/mol. The fourth-order valence-electron chi connectivity index (χ4n) is 1.89. The number of halogens is 2. The first-order valence-corrected chi connectivity index (χ1v) is 5.78. The average Bonchev–Trinajstić information content (AvgIpc) is 2.30. The Kier molecular flexibility index (Phi) is 5.88. The number of nitrogens with one attached hydrogen (secondary N) is 3. The Balaban J connectivity index is 0.00000162. The molecule has 1 aliphatic heterocycles. The molecule has 6 heteroatoms. The Hall–Kier alpha value is -1.33. The van der Waals surface area contributed by atoms with Crippen LogP contribution in [0.4, 0.5) is 14.9 Å². The van der Waals surface area contributed by atoms with Crippen LogP contribution in [0, 0.1) is 5.82 Å². The largest absolute Gasteiger partial charge is 0.334 e. The normalized spacial score (nSPS) is 18.6. The molecule has 1 saturated heterocycles. The molecule has 2 amide bonds. The van der Waals surface area contributed by atoms with Gasteiger partial charge in [-0.15, -0.1) is 12.4 Å². The van der Waals surface area contributed by atoms with Gasteiger partial charge in [0, 0.05) is 18.3 Å². The number of carbonyl (C=O) groups is 1. The molecule has 1 aromatic rings. The summed E-state index contributed by atoms with van der Waals surface area (Å²) in [6, 6.07) is 5.71. The highest BCUT2D eigenvalue weighted by Crippen LogP contribution is 2.09. The van der Waals surface area contributed by atoms with Crippen molar-refractivity contribution in [3.63, 3.8) is 0 Å². The van der Waals surface area contributed by atoms with Gasteiger partial charge in [-0.2, -0.15) is 0 Å². The number of carbonyl (C=O) groups excluding carboxylic acids is 1. The van der Waals surface area contributed by atoms with Crippen molar-refractivity contribution in [3.8, 4) is 0 Å². The third-order valence-corrected chi connectivity index (χ3v) is 2.71. The maximum Gasteiger partial charge on any atom is 0.319 e. The van der Waals surface area contributed by atoms with Crippen molar-refractivity contribution in [1.29, 1.82) is 0 Å². The molecular formula is C12H17ClFN3O. The highest BCUT2D eigenvalue weighted by Gasteiger charge is 2.15. The van der Waals surface area contributed by atoms with Crippen LogP contribution in [0.5, 0.6) is 0 Å². The van der Waals surface area contributed by atoms with Crippen LogP contribution in [0.2, 0.25) is 0 Å². The summed E-state index contributed by atoms with van der Waals surface area (Å²) >= 11 is 0. The fraction of sp³-hybridized carbons (Fsp3) is 0.417. The van der Waals surface area contributed by atoms with Crippen LogP contribution in [-0.2, 0) is 0 Å². The van der Waals surface area contributed by atoms with Gasteiger partial charge in [0.1, 0.15) is 5.82 Å². The average molecular weight is 274 g/mol. The van der Waals surface area contributed by atoms with Gasteiger partial charge in [0.2, 0.25) is 0 Å². The molecule has 0 saturated carbocycles. The van der Waals surface area contributed by atoms with Crippen LogP contribution in [0.25, 0.3) is 0 Å². The third-order valence-electron chi connectivity index (χ3n) is 2.71. The molecule has 100 valence electrons. The Morgan fingerprint density at radius 2 is 2.28 bits per heavy atom. The molecule has 3 N–H and O–H groups in total. The molecular weight excluding hydrogens is 257 g/mol. The number of hydrogen-bond donors (Lipinski definition) is 3. The molecule has 0 unspecified atom stereocenters. The zero-order chi connectivity index (χ0) is 12.1. The fourth-order valence-corrected chi connectivity index (χ4v) is 1.89. The summed E-state index contributed by atoms with van der Waals surface area (Å²) in [6.07, 6.45) is 2.04. The van der Waals surface area contributed by atoms with Gasteiger partial charge in [-0.3, -0.25) is 0 Å². The second kappa shape index (κ2) is 7.18. The summed E-state index contributed by atoms with van der Waals surface area (Å²) in [5, 5.41) is 8.67. The molecule has 0 spiro atoms. The zero-order valence-electron chi connectivity index (χ0n) is 9.91. The van der Waals surface area contributed by atoms with E-state index >= 15 is 0 Å². The standard InChI is InChI=1S/C12H16FN3O.ClH/c13-9-3-1-4-10(7-9)15-12(17)16-11-5-2-6-14-8-11;/h1,3-4,7,11,14H,2,5-6,8H2,(H2,15,16,17);1H/t11-;/m1./s1. The highest BCUT2D eigenvalue weighted by molar-refractivity contribution is 5.89. The predicted molar refractivity (Wildman–Crippen MR) is 71.7 cm³/mol. The number of anilines is 1. The Bertz CT molecular complexity index is 397. The molecule has 1 aromatic carbocycles. The molecule has 0 bridgehead atoms. The maximum atomic E-state index is 12.9. The smallest absolute Gasteiger partial charge is 0.319 e. The van der Waals surface area contributed by atoms with Gasteiger partial charge < -0.3 is 16.0 Å². The van der Waals surface area contributed by atoms with Crippen molar-refractivity contribution >= 4 is 24.1 Å². The van der Waals surface area contributed by atoms with Crippen LogP contribution < -0.4 is 16.0 Å². The zero-order valence-corrected chi connectivity index (χ0v) is 10.7. The SMILES string of the molecule is Cl.O=C(Nc1cccc(F)c1)N[C@@H]1CCCNC1. The van der Waals surface area contributed by atoms with E-state index in [-0.39, 0.29) is 30.3 Å². The van der Waals surface area contributed by atoms with E-state index in [9.17, 15) is 9.18 Å². The number of amides is 2. The molecule has 1 aliphatic rings. The van der Waals surface area contributed by atoms with Crippen molar-refractivity contribution in [1.82, 2.24) is 10.6 Å². The first-order valence-electron chi connectivity index (χ1n) is 5.78. The van der Waals surface area contributed by atoms with E-state index in [0.29, 0.717) is 5.69 Å². The second-order valence-electron chi connectivity index (χ2n) is 4.15. The van der Waals surface area contributed by atoms with Gasteiger partial charge in [0.15, 0.2) is 0 Å². The van der Waals surface area contributed by atoms with Gasteiger partial charge in [-0.05, 0) is 37.6 Å². The van der Waals surface area contributed by atoms with E-state index < -0.39 is 0 Å². The van der Waals surface area contributed by atoms with Gasteiger partial charge in [0.25, 0.3) is 0 Å². The van der Waals surface area contributed by atoms with E-state index in [2.05, 4.69) is 16.0 Å². The summed E-state index contributed by atoms with van der Waals surface area (Å²) in [4.78, 5) is 11.6. The van der Waals surface area contributed by atoms with Crippen LogP contribution >= 0.6 is 12.4 Å². The summed E-state index contributed by atoms with van der Waals surface area (Å²) in [7, 11) is 0. The number of rotatable bonds is 2. The second-order valence-corrected chi connectivity index (χ2v) is 4.15. The number of piperidine rings is 1. The Labute approximate surface area is 112 Å². The van der Waals surface area contributed by atoms with E-state index in [1.54, 1.807) is 12.1 Å². The van der Waals surface area contributed by atoms with Crippen molar-refractivity contribution in [2.75, 3.05) is 18.4 Å². The van der Waals surface area contributed by atoms with Crippen molar-refractivity contribution in [2.24, 2.45) is 0 Å². The van der Waals surface area contributed by atoms with E-state index in [4.69, 9.17) is 0 Å². The maximum absolute atomic E-state index is 12.9. The lowest BCUT2D eigenvalue weighted by atomic mass is 10.1. The quantitative estimate of drug-likeness (QED) is 0.773. The van der Waals surface area contributed by atoms with Crippen molar-refractivity contribution < 1.29 is 9.18 Å². The van der Waals surface area contributed by atoms with Crippen LogP contribution in [0.15, 0.2) is 24.3 Å². The molecule has 0 radical (unpaired) electrons. The van der Waals surface area contributed by atoms with Crippen LogP contribution in [0.1, 0.15) is 12.8 Å². The summed E-state index contributed by atoms with van der Waals surface area (Å²) < 4.78 is 12.9. The molecule has 18 heavy (non-hydrogen) atoms. The number of hydrogen-bond acceptors (Lipinski definition) is 2. The molecule has 2 rings (SSSR count). The van der Waals surface area contributed by atoms with E-state index in [1.807, 2.05) is 0 Å². The Morgan fingerprint density at radius 3 is 2.94 bits per heavy atom. The first-order chi connectivity index (χ1) is 8.24. The lowest BCUT2D eigenvalue weighted by molar-refractivity contribution is 0.245. The lowest BCUT2D eigenvalue weighted by Crippen LogP contribution is -2.47. The number of benzene rings is 1. The van der Waals surface area contributed by atoms with Gasteiger partial charge in [-0.1, -0.05) is 6.07 Å². The molecule has 1 fully saturated rings. The highest BCUT2D eigenvalue weighted by atomic mass is 35.5. The van der Waals surface area contributed by atoms with Crippen molar-refractivity contribution in [2.45, 2.75) is 18.9 Å². The predicted octanol–water partition coefficient (Wildman–Crippen LogP) is 2.12. The lowest BCUT2D eigenvalue weighted by Gasteiger charge is -2.23. The Morgan fingerprint density at radius 1 is 1.44 bits per heavy atom. The van der Waals surface area contributed by atoms with E-state index in [0.717, 1.165) is 25.9 Å².